The molecule has 2 fully saturated rings. The van der Waals surface area contributed by atoms with Gasteiger partial charge in [0.25, 0.3) is 0 Å². The molecule has 0 saturated carbocycles. The van der Waals surface area contributed by atoms with Gasteiger partial charge in [-0.05, 0) is 25.5 Å². The first-order chi connectivity index (χ1) is 11.0. The average Bonchev–Trinajstić information content (AvgIpc) is 3.09. The van der Waals surface area contributed by atoms with Crippen LogP contribution in [0.5, 0.6) is 5.75 Å². The van der Waals surface area contributed by atoms with Crippen molar-refractivity contribution in [3.63, 3.8) is 0 Å². The number of nitrogens with zero attached hydrogens (tertiary/aromatic N) is 3. The fraction of sp³-hybridized carbons (Fsp3) is 0.600. The molecule has 1 unspecified atom stereocenters. The molecule has 1 aromatic heterocycles. The Hall–Kier alpha value is -1.67. The van der Waals surface area contributed by atoms with Crippen molar-refractivity contribution in [1.29, 1.82) is 0 Å². The number of hydrogen-bond donors (Lipinski definition) is 0. The highest BCUT2D eigenvalue weighted by molar-refractivity contribution is 7.89. The molecule has 3 heterocycles. The number of rotatable bonds is 4. The summed E-state index contributed by atoms with van der Waals surface area (Å²) in [5, 5.41) is 0. The third kappa shape index (κ3) is 3.64. The second kappa shape index (κ2) is 6.45. The van der Waals surface area contributed by atoms with E-state index in [1.165, 1.54) is 4.31 Å². The first-order valence-electron chi connectivity index (χ1n) is 7.79. The normalized spacial score (nSPS) is 24.0. The third-order valence-corrected chi connectivity index (χ3v) is 6.17. The molecule has 23 heavy (non-hydrogen) atoms. The molecular weight excluding hydrogens is 318 g/mol. The van der Waals surface area contributed by atoms with Crippen LogP contribution in [0, 0.1) is 6.92 Å². The van der Waals surface area contributed by atoms with E-state index in [9.17, 15) is 13.2 Å². The number of carbonyl (C=O) groups excluding carboxylic acids is 1. The van der Waals surface area contributed by atoms with Gasteiger partial charge in [0.05, 0.1) is 24.5 Å². The molecule has 1 atom stereocenters. The summed E-state index contributed by atoms with van der Waals surface area (Å²) in [6.07, 6.45) is 2.98. The third-order valence-electron chi connectivity index (χ3n) is 4.26. The lowest BCUT2D eigenvalue weighted by atomic mass is 10.3. The molecule has 2 aliphatic rings. The number of aryl methyl sites for hydroxylation is 1. The Bertz CT molecular complexity index is 692. The summed E-state index contributed by atoms with van der Waals surface area (Å²) in [5.74, 6) is 0.727. The summed E-state index contributed by atoms with van der Waals surface area (Å²) >= 11 is 0. The number of aromatic nitrogens is 1. The van der Waals surface area contributed by atoms with Gasteiger partial charge in [-0.25, -0.2) is 8.42 Å². The van der Waals surface area contributed by atoms with E-state index in [4.69, 9.17) is 4.74 Å². The lowest BCUT2D eigenvalue weighted by molar-refractivity contribution is -0.130. The standard InChI is InChI=1S/C15H21N3O4S/c1-12-14(4-2-6-16-12)22-13-5-8-17(10-13)15(19)11-18-7-3-9-23(18,20)21/h2,4,6,13H,3,5,7-11H2,1H3. The van der Waals surface area contributed by atoms with Crippen molar-refractivity contribution < 1.29 is 17.9 Å². The van der Waals surface area contributed by atoms with Crippen LogP contribution in [0.25, 0.3) is 0 Å². The first kappa shape index (κ1) is 16.2. The Morgan fingerprint density at radius 3 is 2.96 bits per heavy atom. The van der Waals surface area contributed by atoms with Crippen LogP contribution in [0.4, 0.5) is 0 Å². The van der Waals surface area contributed by atoms with Gasteiger partial charge in [-0.3, -0.25) is 9.78 Å². The molecule has 1 aromatic rings. The summed E-state index contributed by atoms with van der Waals surface area (Å²) in [6, 6.07) is 3.68. The molecule has 3 rings (SSSR count). The minimum absolute atomic E-state index is 0.0546. The predicted molar refractivity (Wildman–Crippen MR) is 84.6 cm³/mol. The molecule has 1 amide bonds. The van der Waals surface area contributed by atoms with E-state index in [0.29, 0.717) is 26.1 Å². The summed E-state index contributed by atoms with van der Waals surface area (Å²) in [6.45, 7) is 3.35. The Balaban J connectivity index is 1.55. The molecule has 0 aliphatic carbocycles. The van der Waals surface area contributed by atoms with Gasteiger partial charge in [-0.15, -0.1) is 0 Å². The van der Waals surface area contributed by atoms with E-state index in [1.807, 2.05) is 19.1 Å². The van der Waals surface area contributed by atoms with Crippen LogP contribution in [-0.2, 0) is 14.8 Å². The molecule has 0 N–H and O–H groups in total. The topological polar surface area (TPSA) is 79.8 Å². The average molecular weight is 339 g/mol. The highest BCUT2D eigenvalue weighted by Gasteiger charge is 2.34. The number of ether oxygens (including phenoxy) is 1. The number of carbonyl (C=O) groups is 1. The van der Waals surface area contributed by atoms with Crippen molar-refractivity contribution in [2.45, 2.75) is 25.9 Å². The van der Waals surface area contributed by atoms with Gasteiger partial charge in [0.2, 0.25) is 15.9 Å². The zero-order valence-electron chi connectivity index (χ0n) is 13.1. The van der Waals surface area contributed by atoms with E-state index in [-0.39, 0.29) is 24.3 Å². The number of sulfonamides is 1. The molecule has 8 heteroatoms. The fourth-order valence-corrected chi connectivity index (χ4v) is 4.41. The van der Waals surface area contributed by atoms with Crippen molar-refractivity contribution in [3.8, 4) is 5.75 Å². The summed E-state index contributed by atoms with van der Waals surface area (Å²) < 4.78 is 30.8. The van der Waals surface area contributed by atoms with Gasteiger partial charge in [-0.2, -0.15) is 4.31 Å². The Morgan fingerprint density at radius 2 is 2.26 bits per heavy atom. The van der Waals surface area contributed by atoms with Gasteiger partial charge in [-0.1, -0.05) is 0 Å². The molecule has 2 saturated heterocycles. The maximum Gasteiger partial charge on any atom is 0.238 e. The molecule has 0 aromatic carbocycles. The number of pyridine rings is 1. The maximum atomic E-state index is 12.3. The van der Waals surface area contributed by atoms with Gasteiger partial charge < -0.3 is 9.64 Å². The number of likely N-dealkylation sites (tertiary alicyclic amines) is 1. The van der Waals surface area contributed by atoms with E-state index in [1.54, 1.807) is 11.1 Å². The Morgan fingerprint density at radius 1 is 1.43 bits per heavy atom. The monoisotopic (exact) mass is 339 g/mol. The number of hydrogen-bond acceptors (Lipinski definition) is 5. The molecule has 0 radical (unpaired) electrons. The van der Waals surface area contributed by atoms with Crippen molar-refractivity contribution in [2.75, 3.05) is 31.9 Å². The molecule has 0 spiro atoms. The zero-order valence-corrected chi connectivity index (χ0v) is 14.0. The molecule has 0 bridgehead atoms. The van der Waals surface area contributed by atoms with Crippen molar-refractivity contribution in [2.24, 2.45) is 0 Å². The minimum atomic E-state index is -3.23. The van der Waals surface area contributed by atoms with E-state index in [2.05, 4.69) is 4.98 Å². The Kier molecular flexibility index (Phi) is 4.54. The summed E-state index contributed by atoms with van der Waals surface area (Å²) in [7, 11) is -3.23. The first-order valence-corrected chi connectivity index (χ1v) is 9.40. The predicted octanol–water partition coefficient (Wildman–Crippen LogP) is 0.405. The van der Waals surface area contributed by atoms with Gasteiger partial charge in [0.1, 0.15) is 11.9 Å². The Labute approximate surface area is 136 Å². The van der Waals surface area contributed by atoms with Crippen molar-refractivity contribution >= 4 is 15.9 Å². The van der Waals surface area contributed by atoms with Crippen LogP contribution in [-0.4, -0.2) is 66.5 Å². The van der Waals surface area contributed by atoms with E-state index < -0.39 is 10.0 Å². The highest BCUT2D eigenvalue weighted by Crippen LogP contribution is 2.21. The molecule has 2 aliphatic heterocycles. The van der Waals surface area contributed by atoms with Crippen molar-refractivity contribution in [3.05, 3.63) is 24.0 Å². The highest BCUT2D eigenvalue weighted by atomic mass is 32.2. The van der Waals surface area contributed by atoms with Gasteiger partial charge in [0, 0.05) is 25.7 Å². The second-order valence-corrected chi connectivity index (χ2v) is 8.05. The summed E-state index contributed by atoms with van der Waals surface area (Å²) in [5.41, 5.74) is 0.820. The van der Waals surface area contributed by atoms with Crippen LogP contribution < -0.4 is 4.74 Å². The van der Waals surface area contributed by atoms with Crippen LogP contribution in [0.1, 0.15) is 18.5 Å². The quantitative estimate of drug-likeness (QED) is 0.793. The van der Waals surface area contributed by atoms with Crippen LogP contribution >= 0.6 is 0 Å². The molecular formula is C15H21N3O4S. The van der Waals surface area contributed by atoms with Crippen molar-refractivity contribution in [1.82, 2.24) is 14.2 Å². The van der Waals surface area contributed by atoms with E-state index >= 15 is 0 Å². The zero-order chi connectivity index (χ0) is 16.4. The molecule has 126 valence electrons. The fourth-order valence-electron chi connectivity index (χ4n) is 2.94. The van der Waals surface area contributed by atoms with Gasteiger partial charge in [0.15, 0.2) is 0 Å². The van der Waals surface area contributed by atoms with E-state index in [0.717, 1.165) is 17.9 Å². The number of amides is 1. The largest absolute Gasteiger partial charge is 0.487 e. The lowest BCUT2D eigenvalue weighted by Crippen LogP contribution is -2.40. The molecule has 7 nitrogen and oxygen atoms in total. The summed E-state index contributed by atoms with van der Waals surface area (Å²) in [4.78, 5) is 18.2. The second-order valence-electron chi connectivity index (χ2n) is 5.96. The maximum absolute atomic E-state index is 12.3. The van der Waals surface area contributed by atoms with Crippen LogP contribution in [0.3, 0.4) is 0 Å². The lowest BCUT2D eigenvalue weighted by Gasteiger charge is -2.20. The smallest absolute Gasteiger partial charge is 0.238 e. The van der Waals surface area contributed by atoms with Gasteiger partial charge >= 0.3 is 0 Å². The van der Waals surface area contributed by atoms with Crippen LogP contribution in [0.2, 0.25) is 0 Å². The SMILES string of the molecule is Cc1ncccc1OC1CCN(C(=O)CN2CCCS2(=O)=O)C1. The minimum Gasteiger partial charge on any atom is -0.487 e. The van der Waals surface area contributed by atoms with Crippen LogP contribution in [0.15, 0.2) is 18.3 Å².